The van der Waals surface area contributed by atoms with Gasteiger partial charge >= 0.3 is 0 Å². The van der Waals surface area contributed by atoms with E-state index in [1.54, 1.807) is 29.5 Å². The van der Waals surface area contributed by atoms with Gasteiger partial charge < -0.3 is 4.74 Å². The Hall–Kier alpha value is -2.77. The number of aromatic nitrogens is 1. The Labute approximate surface area is 176 Å². The Morgan fingerprint density at radius 1 is 1.18 bits per heavy atom. The Bertz CT molecular complexity index is 1120. The number of hydrogen-bond donors (Lipinski definition) is 0. The first-order valence-electron chi connectivity index (χ1n) is 8.32. The number of halogens is 1. The van der Waals surface area contributed by atoms with Crippen LogP contribution in [0.15, 0.2) is 64.5 Å². The molecule has 3 aromatic rings. The second kappa shape index (κ2) is 9.43. The van der Waals surface area contributed by atoms with Gasteiger partial charge in [-0.1, -0.05) is 35.5 Å². The first-order valence-corrected chi connectivity index (χ1v) is 10.3. The molecule has 28 heavy (non-hydrogen) atoms. The molecule has 138 valence electrons. The average molecular weight is 424 g/mol. The molecule has 4 nitrogen and oxygen atoms in total. The lowest BCUT2D eigenvalue weighted by Gasteiger charge is -2.05. The zero-order valence-corrected chi connectivity index (χ0v) is 17.2. The van der Waals surface area contributed by atoms with Gasteiger partial charge in [-0.15, -0.1) is 11.3 Å². The zero-order valence-electron chi connectivity index (χ0n) is 14.8. The Morgan fingerprint density at radius 2 is 1.93 bits per heavy atom. The topological polar surface area (TPSA) is 69.7 Å². The molecule has 0 aliphatic heterocycles. The lowest BCUT2D eigenvalue weighted by Crippen LogP contribution is -1.89. The molecule has 0 aliphatic carbocycles. The predicted molar refractivity (Wildman–Crippen MR) is 115 cm³/mol. The Balaban J connectivity index is 1.97. The number of hydrogen-bond acceptors (Lipinski definition) is 6. The lowest BCUT2D eigenvalue weighted by molar-refractivity contribution is 0.341. The van der Waals surface area contributed by atoms with Crippen LogP contribution in [0.5, 0.6) is 5.75 Å². The van der Waals surface area contributed by atoms with Gasteiger partial charge in [0.15, 0.2) is 4.34 Å². The van der Waals surface area contributed by atoms with Crippen molar-refractivity contribution >= 4 is 49.8 Å². The third kappa shape index (κ3) is 4.94. The normalized spacial score (nSPS) is 10.9. The summed E-state index contributed by atoms with van der Waals surface area (Å²) in [5.74, 6) is 0.819. The highest BCUT2D eigenvalue weighted by Gasteiger charge is 2.10. The predicted octanol–water partition coefficient (Wildman–Crippen LogP) is 6.46. The molecular weight excluding hydrogens is 410 g/mol. The lowest BCUT2D eigenvalue weighted by atomic mass is 10.2. The van der Waals surface area contributed by atoms with Crippen LogP contribution in [0.2, 0.25) is 5.02 Å². The van der Waals surface area contributed by atoms with Crippen molar-refractivity contribution in [1.29, 1.82) is 10.5 Å². The minimum absolute atomic E-state index is 0.0396. The number of thiazole rings is 1. The molecule has 0 N–H and O–H groups in total. The Morgan fingerprint density at radius 3 is 2.61 bits per heavy atom. The van der Waals surface area contributed by atoms with Gasteiger partial charge in [-0.05, 0) is 55.0 Å². The summed E-state index contributed by atoms with van der Waals surface area (Å²) in [6.45, 7) is 2.56. The van der Waals surface area contributed by atoms with Gasteiger partial charge in [0.05, 0.1) is 16.8 Å². The third-order valence-corrected chi connectivity index (χ3v) is 6.04. The van der Waals surface area contributed by atoms with E-state index in [9.17, 15) is 0 Å². The van der Waals surface area contributed by atoms with E-state index in [0.717, 1.165) is 30.8 Å². The summed E-state index contributed by atoms with van der Waals surface area (Å²) in [6, 6.07) is 17.0. The monoisotopic (exact) mass is 423 g/mol. The van der Waals surface area contributed by atoms with Gasteiger partial charge in [-0.3, -0.25) is 0 Å². The highest BCUT2D eigenvalue weighted by atomic mass is 35.5. The van der Waals surface area contributed by atoms with Crippen LogP contribution >= 0.6 is 34.7 Å². The molecule has 0 saturated carbocycles. The maximum Gasteiger partial charge on any atom is 0.155 e. The van der Waals surface area contributed by atoms with Gasteiger partial charge in [-0.25, -0.2) is 4.98 Å². The van der Waals surface area contributed by atoms with E-state index in [1.807, 2.05) is 49.4 Å². The molecule has 0 amide bonds. The van der Waals surface area contributed by atoms with Crippen LogP contribution in [0, 0.1) is 22.7 Å². The number of rotatable bonds is 6. The summed E-state index contributed by atoms with van der Waals surface area (Å²) >= 11 is 9.04. The smallest absolute Gasteiger partial charge is 0.155 e. The first kappa shape index (κ1) is 20.0. The van der Waals surface area contributed by atoms with E-state index in [0.29, 0.717) is 11.6 Å². The minimum Gasteiger partial charge on any atom is -0.494 e. The largest absolute Gasteiger partial charge is 0.494 e. The number of thioether (sulfide) groups is 1. The SMILES string of the molecule is CCOc1ccc2nc(S/C(=C/C=C(C#N)C#N)c3ccc(Cl)cc3)sc2c1. The third-order valence-electron chi connectivity index (χ3n) is 3.62. The molecule has 1 aromatic heterocycles. The maximum atomic E-state index is 8.98. The number of fused-ring (bicyclic) bond motifs is 1. The average Bonchev–Trinajstić information content (AvgIpc) is 3.10. The van der Waals surface area contributed by atoms with Crippen molar-refractivity contribution in [1.82, 2.24) is 4.98 Å². The van der Waals surface area contributed by atoms with Crippen molar-refractivity contribution in [2.24, 2.45) is 0 Å². The van der Waals surface area contributed by atoms with Crippen molar-refractivity contribution in [3.8, 4) is 17.9 Å². The second-order valence-corrected chi connectivity index (χ2v) is 8.24. The minimum atomic E-state index is 0.0396. The molecule has 1 heterocycles. The number of nitriles is 2. The Kier molecular flexibility index (Phi) is 6.73. The fourth-order valence-corrected chi connectivity index (χ4v) is 4.62. The van der Waals surface area contributed by atoms with Gasteiger partial charge in [0.2, 0.25) is 0 Å². The van der Waals surface area contributed by atoms with Crippen LogP contribution in [0.1, 0.15) is 12.5 Å². The van der Waals surface area contributed by atoms with Crippen LogP contribution < -0.4 is 4.74 Å². The van der Waals surface area contributed by atoms with Gasteiger partial charge in [0.1, 0.15) is 23.5 Å². The van der Waals surface area contributed by atoms with Crippen molar-refractivity contribution < 1.29 is 4.74 Å². The number of allylic oxidation sites excluding steroid dienone is 3. The molecule has 0 radical (unpaired) electrons. The van der Waals surface area contributed by atoms with E-state index >= 15 is 0 Å². The van der Waals surface area contributed by atoms with Crippen molar-refractivity contribution in [2.75, 3.05) is 6.61 Å². The zero-order chi connectivity index (χ0) is 19.9. The van der Waals surface area contributed by atoms with E-state index in [-0.39, 0.29) is 5.57 Å². The van der Waals surface area contributed by atoms with Crippen LogP contribution in [0.4, 0.5) is 0 Å². The maximum absolute atomic E-state index is 8.98. The number of ether oxygens (including phenoxy) is 1. The molecule has 0 bridgehead atoms. The van der Waals surface area contributed by atoms with Gasteiger partial charge in [0.25, 0.3) is 0 Å². The van der Waals surface area contributed by atoms with Crippen LogP contribution in [0.3, 0.4) is 0 Å². The molecule has 0 atom stereocenters. The van der Waals surface area contributed by atoms with Gasteiger partial charge in [0, 0.05) is 9.93 Å². The summed E-state index contributed by atoms with van der Waals surface area (Å²) in [5.41, 5.74) is 1.87. The van der Waals surface area contributed by atoms with E-state index < -0.39 is 0 Å². The van der Waals surface area contributed by atoms with E-state index in [4.69, 9.17) is 26.9 Å². The molecule has 2 aromatic carbocycles. The molecule has 0 aliphatic rings. The molecule has 7 heteroatoms. The molecule has 0 saturated heterocycles. The molecular formula is C21H14ClN3OS2. The molecule has 3 rings (SSSR count). The summed E-state index contributed by atoms with van der Waals surface area (Å²) in [6.07, 6.45) is 3.27. The summed E-state index contributed by atoms with van der Waals surface area (Å²) < 4.78 is 7.45. The van der Waals surface area contributed by atoms with Gasteiger partial charge in [-0.2, -0.15) is 10.5 Å². The van der Waals surface area contributed by atoms with Crippen LogP contribution in [-0.2, 0) is 0 Å². The van der Waals surface area contributed by atoms with Crippen molar-refractivity contribution in [3.63, 3.8) is 0 Å². The summed E-state index contributed by atoms with van der Waals surface area (Å²) in [5, 5.41) is 18.6. The fourth-order valence-electron chi connectivity index (χ4n) is 2.34. The second-order valence-electron chi connectivity index (χ2n) is 5.49. The first-order chi connectivity index (χ1) is 13.6. The van der Waals surface area contributed by atoms with Crippen molar-refractivity contribution in [2.45, 2.75) is 11.3 Å². The fraction of sp³-hybridized carbons (Fsp3) is 0.0952. The van der Waals surface area contributed by atoms with E-state index in [2.05, 4.69) is 4.98 Å². The standard InChI is InChI=1S/C21H14ClN3OS2/c1-2-26-17-8-9-18-20(11-17)28-21(25-18)27-19(10-3-14(12-23)13-24)15-4-6-16(22)7-5-15/h3-11H,2H2,1H3/b19-10+. The summed E-state index contributed by atoms with van der Waals surface area (Å²) in [4.78, 5) is 5.54. The van der Waals surface area contributed by atoms with Crippen LogP contribution in [-0.4, -0.2) is 11.6 Å². The highest BCUT2D eigenvalue weighted by molar-refractivity contribution is 8.09. The number of nitrogens with zero attached hydrogens (tertiary/aromatic N) is 3. The summed E-state index contributed by atoms with van der Waals surface area (Å²) in [7, 11) is 0. The van der Waals surface area contributed by atoms with Crippen LogP contribution in [0.25, 0.3) is 15.1 Å². The molecule has 0 unspecified atom stereocenters. The quantitative estimate of drug-likeness (QED) is 0.258. The van der Waals surface area contributed by atoms with E-state index in [1.165, 1.54) is 17.8 Å². The molecule has 0 fully saturated rings. The van der Waals surface area contributed by atoms with Crippen molar-refractivity contribution in [3.05, 3.63) is 70.8 Å². The highest BCUT2D eigenvalue weighted by Crippen LogP contribution is 2.39. The number of benzene rings is 2. The molecule has 0 spiro atoms.